The molecule has 1 aliphatic heterocycles. The first-order valence-corrected chi connectivity index (χ1v) is 12.7. The van der Waals surface area contributed by atoms with Crippen LogP contribution in [0.15, 0.2) is 48.7 Å². The fourth-order valence-corrected chi connectivity index (χ4v) is 4.82. The molecule has 2 aromatic carbocycles. The molecule has 3 aromatic rings. The van der Waals surface area contributed by atoms with Crippen LogP contribution in [0.5, 0.6) is 0 Å². The van der Waals surface area contributed by atoms with Gasteiger partial charge in [0, 0.05) is 37.3 Å². The van der Waals surface area contributed by atoms with Crippen molar-refractivity contribution in [2.24, 2.45) is 5.92 Å². The summed E-state index contributed by atoms with van der Waals surface area (Å²) in [5, 5.41) is 21.3. The van der Waals surface area contributed by atoms with E-state index in [4.69, 9.17) is 0 Å². The fourth-order valence-electron chi connectivity index (χ4n) is 4.82. The molecule has 2 fully saturated rings. The zero-order chi connectivity index (χ0) is 26.2. The van der Waals surface area contributed by atoms with Gasteiger partial charge in [-0.15, -0.1) is 0 Å². The third kappa shape index (κ3) is 5.75. The summed E-state index contributed by atoms with van der Waals surface area (Å²) in [6.07, 6.45) is 1.25. The van der Waals surface area contributed by atoms with E-state index in [2.05, 4.69) is 20.6 Å². The van der Waals surface area contributed by atoms with Gasteiger partial charge in [0.25, 0.3) is 0 Å². The SMILES string of the molecule is CC(O)(c1ccc(CN2CCC(n3ncc4ccc(NC(=O)NCC5CC5)cc43)CC2)cc1)C(F)(F)F. The van der Waals surface area contributed by atoms with Crippen molar-refractivity contribution < 1.29 is 23.1 Å². The number of piperidine rings is 1. The highest BCUT2D eigenvalue weighted by atomic mass is 19.4. The maximum absolute atomic E-state index is 13.1. The fraction of sp³-hybridized carbons (Fsp3) is 0.481. The van der Waals surface area contributed by atoms with E-state index >= 15 is 0 Å². The van der Waals surface area contributed by atoms with E-state index in [1.807, 2.05) is 29.1 Å². The molecule has 37 heavy (non-hydrogen) atoms. The second-order valence-electron chi connectivity index (χ2n) is 10.4. The number of hydrogen-bond acceptors (Lipinski definition) is 4. The predicted octanol–water partition coefficient (Wildman–Crippen LogP) is 5.17. The molecular formula is C27H32F3N5O2. The highest BCUT2D eigenvalue weighted by Crippen LogP contribution is 2.38. The van der Waals surface area contributed by atoms with Gasteiger partial charge >= 0.3 is 12.2 Å². The molecule has 0 radical (unpaired) electrons. The second-order valence-corrected chi connectivity index (χ2v) is 10.4. The lowest BCUT2D eigenvalue weighted by molar-refractivity contribution is -0.258. The molecule has 198 valence electrons. The Morgan fingerprint density at radius 1 is 1.08 bits per heavy atom. The molecule has 7 nitrogen and oxygen atoms in total. The molecule has 1 saturated carbocycles. The van der Waals surface area contributed by atoms with Gasteiger partial charge < -0.3 is 15.7 Å². The number of aromatic nitrogens is 2. The number of aliphatic hydroxyl groups is 1. The van der Waals surface area contributed by atoms with Gasteiger partial charge in [0.15, 0.2) is 5.60 Å². The summed E-state index contributed by atoms with van der Waals surface area (Å²) >= 11 is 0. The third-order valence-electron chi connectivity index (χ3n) is 7.48. The number of amides is 2. The van der Waals surface area contributed by atoms with Crippen molar-refractivity contribution in [3.05, 3.63) is 59.8 Å². The number of alkyl halides is 3. The Morgan fingerprint density at radius 3 is 2.43 bits per heavy atom. The van der Waals surface area contributed by atoms with Crippen LogP contribution in [0.4, 0.5) is 23.7 Å². The first-order chi connectivity index (χ1) is 17.6. The lowest BCUT2D eigenvalue weighted by Gasteiger charge is -2.32. The molecule has 0 bridgehead atoms. The number of benzene rings is 2. The van der Waals surface area contributed by atoms with Crippen LogP contribution in [0.25, 0.3) is 10.9 Å². The van der Waals surface area contributed by atoms with Gasteiger partial charge in [-0.1, -0.05) is 24.3 Å². The van der Waals surface area contributed by atoms with E-state index < -0.39 is 11.8 Å². The minimum Gasteiger partial charge on any atom is -0.376 e. The van der Waals surface area contributed by atoms with Crippen molar-refractivity contribution in [3.8, 4) is 0 Å². The zero-order valence-corrected chi connectivity index (χ0v) is 20.8. The first-order valence-electron chi connectivity index (χ1n) is 12.7. The average Bonchev–Trinajstić information content (AvgIpc) is 3.61. The first kappa shape index (κ1) is 25.5. The number of urea groups is 1. The minimum atomic E-state index is -4.73. The van der Waals surface area contributed by atoms with Crippen LogP contribution in [0.2, 0.25) is 0 Å². The third-order valence-corrected chi connectivity index (χ3v) is 7.48. The number of nitrogens with zero attached hydrogens (tertiary/aromatic N) is 3. The normalized spacial score (nSPS) is 19.1. The van der Waals surface area contributed by atoms with Gasteiger partial charge in [-0.05, 0) is 67.9 Å². The van der Waals surface area contributed by atoms with Crippen molar-refractivity contribution in [1.82, 2.24) is 20.0 Å². The lowest BCUT2D eigenvalue weighted by Crippen LogP contribution is -2.39. The Bertz CT molecular complexity index is 1240. The molecule has 3 N–H and O–H groups in total. The van der Waals surface area contributed by atoms with Crippen LogP contribution in [0.1, 0.15) is 49.8 Å². The quantitative estimate of drug-likeness (QED) is 0.405. The number of fused-ring (bicyclic) bond motifs is 1. The predicted molar refractivity (Wildman–Crippen MR) is 135 cm³/mol. The van der Waals surface area contributed by atoms with Crippen molar-refractivity contribution in [2.45, 2.75) is 57.0 Å². The molecule has 1 aliphatic carbocycles. The molecule has 0 spiro atoms. The molecule has 1 atom stereocenters. The maximum atomic E-state index is 13.1. The maximum Gasteiger partial charge on any atom is 0.421 e. The van der Waals surface area contributed by atoms with E-state index in [0.29, 0.717) is 19.0 Å². The van der Waals surface area contributed by atoms with E-state index in [1.54, 1.807) is 12.1 Å². The van der Waals surface area contributed by atoms with Crippen LogP contribution >= 0.6 is 0 Å². The van der Waals surface area contributed by atoms with Crippen molar-refractivity contribution in [1.29, 1.82) is 0 Å². The second kappa shape index (κ2) is 9.98. The van der Waals surface area contributed by atoms with Gasteiger partial charge in [-0.3, -0.25) is 9.58 Å². The summed E-state index contributed by atoms with van der Waals surface area (Å²) in [5.74, 6) is 0.616. The van der Waals surface area contributed by atoms with Crippen molar-refractivity contribution in [2.75, 3.05) is 25.0 Å². The Labute approximate surface area is 213 Å². The Kier molecular flexibility index (Phi) is 6.89. The number of carbonyl (C=O) groups is 1. The van der Waals surface area contributed by atoms with Crippen LogP contribution in [-0.4, -0.2) is 51.6 Å². The number of halogens is 3. The smallest absolute Gasteiger partial charge is 0.376 e. The van der Waals surface area contributed by atoms with Gasteiger partial charge in [-0.25, -0.2) is 4.79 Å². The molecular weight excluding hydrogens is 483 g/mol. The average molecular weight is 516 g/mol. The standard InChI is InChI=1S/C27H32F3N5O2/c1-26(37,27(28,29)30)21-7-4-19(5-8-21)17-34-12-10-23(11-13-34)35-24-14-22(9-6-20(24)16-32-35)33-25(36)31-15-18-2-3-18/h4-9,14,16,18,23,37H,2-3,10-13,15,17H2,1H3,(H2,31,33,36). The van der Waals surface area contributed by atoms with E-state index in [9.17, 15) is 23.1 Å². The topological polar surface area (TPSA) is 82.4 Å². The van der Waals surface area contributed by atoms with E-state index in [-0.39, 0.29) is 17.6 Å². The summed E-state index contributed by atoms with van der Waals surface area (Å²) in [6.45, 7) is 3.77. The summed E-state index contributed by atoms with van der Waals surface area (Å²) in [6, 6.07) is 11.8. The van der Waals surface area contributed by atoms with Gasteiger partial charge in [0.2, 0.25) is 0 Å². The summed E-state index contributed by atoms with van der Waals surface area (Å²) in [4.78, 5) is 14.5. The molecule has 1 aromatic heterocycles. The molecule has 10 heteroatoms. The number of likely N-dealkylation sites (tertiary alicyclic amines) is 1. The Hall–Kier alpha value is -3.11. The van der Waals surface area contributed by atoms with Crippen LogP contribution in [0, 0.1) is 5.92 Å². The number of carbonyl (C=O) groups excluding carboxylic acids is 1. The number of hydrogen-bond donors (Lipinski definition) is 3. The number of rotatable bonds is 7. The highest BCUT2D eigenvalue weighted by molar-refractivity contribution is 5.92. The van der Waals surface area contributed by atoms with Gasteiger partial charge in [0.1, 0.15) is 0 Å². The van der Waals surface area contributed by atoms with Crippen LogP contribution in [-0.2, 0) is 12.1 Å². The summed E-state index contributed by atoms with van der Waals surface area (Å²) < 4.78 is 41.3. The molecule has 5 rings (SSSR count). The highest BCUT2D eigenvalue weighted by Gasteiger charge is 2.51. The lowest BCUT2D eigenvalue weighted by atomic mass is 9.94. The zero-order valence-electron chi connectivity index (χ0n) is 20.8. The van der Waals surface area contributed by atoms with Gasteiger partial charge in [-0.2, -0.15) is 18.3 Å². The molecule has 1 saturated heterocycles. The minimum absolute atomic E-state index is 0.165. The van der Waals surface area contributed by atoms with E-state index in [0.717, 1.165) is 55.0 Å². The summed E-state index contributed by atoms with van der Waals surface area (Å²) in [5.41, 5.74) is -0.423. The van der Waals surface area contributed by atoms with Crippen molar-refractivity contribution >= 4 is 22.6 Å². The van der Waals surface area contributed by atoms with E-state index in [1.165, 1.54) is 25.0 Å². The van der Waals surface area contributed by atoms with Crippen LogP contribution in [0.3, 0.4) is 0 Å². The van der Waals surface area contributed by atoms with Crippen molar-refractivity contribution in [3.63, 3.8) is 0 Å². The Balaban J connectivity index is 1.18. The largest absolute Gasteiger partial charge is 0.421 e. The number of anilines is 1. The molecule has 2 amide bonds. The number of nitrogens with one attached hydrogen (secondary N) is 2. The van der Waals surface area contributed by atoms with Gasteiger partial charge in [0.05, 0.1) is 17.8 Å². The molecule has 1 unspecified atom stereocenters. The van der Waals surface area contributed by atoms with Crippen LogP contribution < -0.4 is 10.6 Å². The Morgan fingerprint density at radius 2 is 1.78 bits per heavy atom. The monoisotopic (exact) mass is 515 g/mol. The molecule has 2 heterocycles. The summed E-state index contributed by atoms with van der Waals surface area (Å²) in [7, 11) is 0. The molecule has 2 aliphatic rings.